The van der Waals surface area contributed by atoms with Crippen molar-refractivity contribution in [3.05, 3.63) is 35.4 Å². The lowest BCUT2D eigenvalue weighted by atomic mass is 10.2. The van der Waals surface area contributed by atoms with Gasteiger partial charge in [0.15, 0.2) is 0 Å². The van der Waals surface area contributed by atoms with E-state index in [0.29, 0.717) is 28.5 Å². The Hall–Kier alpha value is -2.27. The third kappa shape index (κ3) is 2.77. The zero-order valence-electron chi connectivity index (χ0n) is 10.3. The van der Waals surface area contributed by atoms with Crippen molar-refractivity contribution in [1.82, 2.24) is 0 Å². The Bertz CT molecular complexity index is 617. The van der Waals surface area contributed by atoms with Crippen molar-refractivity contribution in [2.45, 2.75) is 0 Å². The van der Waals surface area contributed by atoms with Gasteiger partial charge in [0.2, 0.25) is 0 Å². The maximum Gasteiger partial charge on any atom is 0.143 e. The summed E-state index contributed by atoms with van der Waals surface area (Å²) in [6.07, 6.45) is 0. The van der Waals surface area contributed by atoms with Crippen molar-refractivity contribution in [3.63, 3.8) is 0 Å². The highest BCUT2D eigenvalue weighted by Gasteiger charge is 2.07. The van der Waals surface area contributed by atoms with Gasteiger partial charge < -0.3 is 26.6 Å². The number of anilines is 4. The summed E-state index contributed by atoms with van der Waals surface area (Å²) < 4.78 is 5.13. The monoisotopic (exact) mass is 279 g/mol. The third-order valence-electron chi connectivity index (χ3n) is 2.63. The fraction of sp³-hybridized carbons (Fsp3) is 0.0769. The van der Waals surface area contributed by atoms with Crippen LogP contribution in [-0.4, -0.2) is 12.2 Å². The van der Waals surface area contributed by atoms with Crippen LogP contribution in [0.25, 0.3) is 0 Å². The van der Waals surface area contributed by atoms with Gasteiger partial charge in [-0.2, -0.15) is 0 Å². The van der Waals surface area contributed by atoms with E-state index in [1.54, 1.807) is 24.3 Å². The quantitative estimate of drug-likeness (QED) is 0.512. The minimum atomic E-state index is 0.0232. The molecule has 19 heavy (non-hydrogen) atoms. The summed E-state index contributed by atoms with van der Waals surface area (Å²) in [7, 11) is 1.53. The lowest BCUT2D eigenvalue weighted by Gasteiger charge is -2.13. The molecule has 0 unspecified atom stereocenters. The molecule has 0 aliphatic heterocycles. The van der Waals surface area contributed by atoms with Gasteiger partial charge >= 0.3 is 0 Å². The maximum atomic E-state index is 9.36. The summed E-state index contributed by atoms with van der Waals surface area (Å²) in [4.78, 5) is 0. The molecule has 0 spiro atoms. The van der Waals surface area contributed by atoms with Gasteiger partial charge in [-0.15, -0.1) is 0 Å². The number of methoxy groups -OCH3 is 1. The predicted molar refractivity (Wildman–Crippen MR) is 78.2 cm³/mol. The van der Waals surface area contributed by atoms with E-state index in [0.717, 1.165) is 0 Å². The van der Waals surface area contributed by atoms with Gasteiger partial charge in [0.05, 0.1) is 29.2 Å². The van der Waals surface area contributed by atoms with Crippen LogP contribution in [-0.2, 0) is 0 Å². The molecule has 0 heterocycles. The second-order valence-corrected chi connectivity index (χ2v) is 4.38. The molecular weight excluding hydrogens is 266 g/mol. The van der Waals surface area contributed by atoms with E-state index in [1.165, 1.54) is 13.2 Å². The van der Waals surface area contributed by atoms with Crippen molar-refractivity contribution >= 4 is 34.4 Å². The number of aromatic hydroxyl groups is 1. The summed E-state index contributed by atoms with van der Waals surface area (Å²) in [5.41, 5.74) is 13.9. The van der Waals surface area contributed by atoms with E-state index in [2.05, 4.69) is 5.32 Å². The highest BCUT2D eigenvalue weighted by Crippen LogP contribution is 2.34. The molecule has 2 aromatic rings. The molecule has 0 saturated carbocycles. The molecule has 0 atom stereocenters. The van der Waals surface area contributed by atoms with Crippen molar-refractivity contribution in [2.24, 2.45) is 0 Å². The summed E-state index contributed by atoms with van der Waals surface area (Å²) in [5.74, 6) is 0.552. The predicted octanol–water partition coefficient (Wildman–Crippen LogP) is 2.96. The van der Waals surface area contributed by atoms with Crippen molar-refractivity contribution in [2.75, 3.05) is 23.9 Å². The largest absolute Gasteiger partial charge is 0.506 e. The van der Waals surface area contributed by atoms with Crippen molar-refractivity contribution in [1.29, 1.82) is 0 Å². The first-order valence-corrected chi connectivity index (χ1v) is 5.87. The zero-order valence-corrected chi connectivity index (χ0v) is 11.0. The summed E-state index contributed by atoms with van der Waals surface area (Å²) in [6, 6.07) is 8.09. The van der Waals surface area contributed by atoms with Crippen LogP contribution in [0.5, 0.6) is 11.5 Å². The zero-order chi connectivity index (χ0) is 14.0. The Morgan fingerprint density at radius 1 is 1.16 bits per heavy atom. The number of hydrogen-bond acceptors (Lipinski definition) is 5. The van der Waals surface area contributed by atoms with Crippen LogP contribution in [0.15, 0.2) is 30.3 Å². The number of rotatable bonds is 3. The number of nitrogens with two attached hydrogens (primary N) is 2. The molecular formula is C13H14ClN3O2. The Kier molecular flexibility index (Phi) is 3.57. The minimum Gasteiger partial charge on any atom is -0.506 e. The average Bonchev–Trinajstić information content (AvgIpc) is 2.37. The standard InChI is InChI=1S/C13H14ClN3O2/c1-19-13-6-11(9(15)5-10(13)16)17-7-2-3-12(18)8(14)4-7/h2-6,17-18H,15-16H2,1H3. The number of halogens is 1. The van der Waals surface area contributed by atoms with E-state index >= 15 is 0 Å². The van der Waals surface area contributed by atoms with Gasteiger partial charge in [0.1, 0.15) is 11.5 Å². The van der Waals surface area contributed by atoms with Crippen LogP contribution >= 0.6 is 11.6 Å². The summed E-state index contributed by atoms with van der Waals surface area (Å²) in [6.45, 7) is 0. The van der Waals surface area contributed by atoms with Crippen LogP contribution in [0.4, 0.5) is 22.7 Å². The van der Waals surface area contributed by atoms with Gasteiger partial charge in [-0.3, -0.25) is 0 Å². The van der Waals surface area contributed by atoms with E-state index in [-0.39, 0.29) is 10.8 Å². The second kappa shape index (κ2) is 5.16. The molecule has 100 valence electrons. The lowest BCUT2D eigenvalue weighted by Crippen LogP contribution is -2.00. The number of nitrogen functional groups attached to an aromatic ring is 2. The normalized spacial score (nSPS) is 10.2. The molecule has 0 aromatic heterocycles. The Morgan fingerprint density at radius 3 is 2.53 bits per heavy atom. The molecule has 0 aliphatic rings. The van der Waals surface area contributed by atoms with E-state index in [1.807, 2.05) is 0 Å². The number of hydrogen-bond donors (Lipinski definition) is 4. The van der Waals surface area contributed by atoms with Gasteiger partial charge in [-0.1, -0.05) is 11.6 Å². The molecule has 6 heteroatoms. The average molecular weight is 280 g/mol. The first-order valence-electron chi connectivity index (χ1n) is 5.50. The third-order valence-corrected chi connectivity index (χ3v) is 2.93. The van der Waals surface area contributed by atoms with Crippen LogP contribution in [0.3, 0.4) is 0 Å². The molecule has 0 radical (unpaired) electrons. The fourth-order valence-electron chi connectivity index (χ4n) is 1.64. The van der Waals surface area contributed by atoms with Crippen LogP contribution < -0.4 is 21.5 Å². The van der Waals surface area contributed by atoms with E-state index in [9.17, 15) is 5.11 Å². The van der Waals surface area contributed by atoms with E-state index in [4.69, 9.17) is 27.8 Å². The second-order valence-electron chi connectivity index (χ2n) is 3.97. The lowest BCUT2D eigenvalue weighted by molar-refractivity contribution is 0.417. The molecule has 0 aliphatic carbocycles. The topological polar surface area (TPSA) is 93.5 Å². The molecule has 0 bridgehead atoms. The summed E-state index contributed by atoms with van der Waals surface area (Å²) >= 11 is 5.84. The van der Waals surface area contributed by atoms with Crippen LogP contribution in [0, 0.1) is 0 Å². The SMILES string of the molecule is COc1cc(Nc2ccc(O)c(Cl)c2)c(N)cc1N. The summed E-state index contributed by atoms with van der Waals surface area (Å²) in [5, 5.41) is 12.7. The smallest absolute Gasteiger partial charge is 0.143 e. The number of phenolic OH excluding ortho intramolecular Hbond substituents is 1. The molecule has 0 fully saturated rings. The van der Waals surface area contributed by atoms with E-state index < -0.39 is 0 Å². The van der Waals surface area contributed by atoms with Crippen molar-refractivity contribution < 1.29 is 9.84 Å². The van der Waals surface area contributed by atoms with Gasteiger partial charge in [0.25, 0.3) is 0 Å². The molecule has 6 N–H and O–H groups in total. The first kappa shape index (κ1) is 13.2. The number of phenols is 1. The Morgan fingerprint density at radius 2 is 1.89 bits per heavy atom. The first-order chi connectivity index (χ1) is 9.01. The Labute approximate surface area is 115 Å². The number of nitrogens with one attached hydrogen (secondary N) is 1. The fourth-order valence-corrected chi connectivity index (χ4v) is 1.82. The van der Waals surface area contributed by atoms with Crippen LogP contribution in [0.2, 0.25) is 5.02 Å². The Balaban J connectivity index is 2.34. The molecule has 0 saturated heterocycles. The maximum absolute atomic E-state index is 9.36. The molecule has 2 rings (SSSR count). The molecule has 5 nitrogen and oxygen atoms in total. The molecule has 2 aromatic carbocycles. The van der Waals surface area contributed by atoms with Crippen LogP contribution in [0.1, 0.15) is 0 Å². The van der Waals surface area contributed by atoms with Crippen molar-refractivity contribution in [3.8, 4) is 11.5 Å². The molecule has 0 amide bonds. The minimum absolute atomic E-state index is 0.0232. The number of ether oxygens (including phenoxy) is 1. The van der Waals surface area contributed by atoms with Gasteiger partial charge in [0, 0.05) is 11.8 Å². The van der Waals surface area contributed by atoms with Gasteiger partial charge in [-0.05, 0) is 24.3 Å². The highest BCUT2D eigenvalue weighted by molar-refractivity contribution is 6.32. The highest BCUT2D eigenvalue weighted by atomic mass is 35.5. The number of benzene rings is 2. The van der Waals surface area contributed by atoms with Gasteiger partial charge in [-0.25, -0.2) is 0 Å².